The molecule has 3 aromatic rings. The van der Waals surface area contributed by atoms with Gasteiger partial charge in [0, 0.05) is 49.7 Å². The standard InChI is InChI=1S/C25H27N7O8S/c26-25(27)31-11-9-30(10-12-31)19-7-5-16(13-20(19)32(37)38)23(34)28-14-18(24(35)36)29-41(39,40)22-17-4-2-1-3-15(17)6-8-21(22)33/h1-8,13,18,29,33H,9-12,14H2,(H3,26,27)(H,28,34)(H,35,36). The third-order valence-corrected chi connectivity index (χ3v) is 8.15. The predicted molar refractivity (Wildman–Crippen MR) is 148 cm³/mol. The van der Waals surface area contributed by atoms with Crippen molar-refractivity contribution in [3.8, 4) is 5.75 Å². The number of hydrogen-bond acceptors (Lipinski definition) is 9. The molecule has 0 saturated carbocycles. The molecule has 1 fully saturated rings. The number of fused-ring (bicyclic) bond motifs is 1. The van der Waals surface area contributed by atoms with Crippen molar-refractivity contribution in [3.63, 3.8) is 0 Å². The second-order valence-corrected chi connectivity index (χ2v) is 10.8. The van der Waals surface area contributed by atoms with E-state index in [4.69, 9.17) is 11.1 Å². The first-order valence-electron chi connectivity index (χ1n) is 12.3. The lowest BCUT2D eigenvalue weighted by Crippen LogP contribution is -2.51. The molecule has 1 atom stereocenters. The Morgan fingerprint density at radius 2 is 1.78 bits per heavy atom. The monoisotopic (exact) mass is 585 g/mol. The minimum atomic E-state index is -4.57. The average Bonchev–Trinajstić information content (AvgIpc) is 2.94. The van der Waals surface area contributed by atoms with E-state index < -0.39 is 50.1 Å². The van der Waals surface area contributed by atoms with Crippen LogP contribution in [0.4, 0.5) is 11.4 Å². The number of carboxylic acid groups (broad SMARTS) is 1. The molecular weight excluding hydrogens is 558 g/mol. The number of amides is 1. The number of piperazine rings is 1. The number of sulfonamides is 1. The van der Waals surface area contributed by atoms with Gasteiger partial charge in [-0.1, -0.05) is 30.3 Å². The fraction of sp³-hybridized carbons (Fsp3) is 0.240. The topological polar surface area (TPSA) is 232 Å². The molecule has 1 aliphatic heterocycles. The lowest BCUT2D eigenvalue weighted by Gasteiger charge is -2.35. The van der Waals surface area contributed by atoms with Gasteiger partial charge in [-0.2, -0.15) is 4.72 Å². The first kappa shape index (κ1) is 29.0. The van der Waals surface area contributed by atoms with Crippen LogP contribution in [0.5, 0.6) is 5.75 Å². The molecule has 41 heavy (non-hydrogen) atoms. The number of nitro groups is 1. The molecule has 1 amide bonds. The molecule has 4 rings (SSSR count). The van der Waals surface area contributed by atoms with Crippen LogP contribution in [0.15, 0.2) is 59.5 Å². The Bertz CT molecular complexity index is 1640. The predicted octanol–water partition coefficient (Wildman–Crippen LogP) is 0.631. The van der Waals surface area contributed by atoms with Crippen LogP contribution in [0, 0.1) is 15.5 Å². The number of nitrogens with one attached hydrogen (secondary N) is 3. The van der Waals surface area contributed by atoms with Gasteiger partial charge >= 0.3 is 5.97 Å². The van der Waals surface area contributed by atoms with Crippen molar-refractivity contribution in [2.75, 3.05) is 37.6 Å². The molecule has 0 aliphatic carbocycles. The molecule has 1 saturated heterocycles. The molecule has 1 unspecified atom stereocenters. The van der Waals surface area contributed by atoms with Crippen molar-refractivity contribution in [1.82, 2.24) is 14.9 Å². The second-order valence-electron chi connectivity index (χ2n) is 9.18. The molecule has 1 aliphatic rings. The van der Waals surface area contributed by atoms with Crippen molar-refractivity contribution in [3.05, 3.63) is 70.3 Å². The van der Waals surface area contributed by atoms with Gasteiger partial charge in [0.15, 0.2) is 5.96 Å². The van der Waals surface area contributed by atoms with Crippen molar-refractivity contribution in [1.29, 1.82) is 5.41 Å². The minimum absolute atomic E-state index is 0.0953. The van der Waals surface area contributed by atoms with Crippen LogP contribution in [-0.2, 0) is 14.8 Å². The molecule has 1 heterocycles. The summed E-state index contributed by atoms with van der Waals surface area (Å²) in [4.78, 5) is 38.7. The Morgan fingerprint density at radius 1 is 1.10 bits per heavy atom. The number of benzene rings is 3. The fourth-order valence-electron chi connectivity index (χ4n) is 4.50. The van der Waals surface area contributed by atoms with Gasteiger partial charge in [-0.05, 0) is 23.6 Å². The third-order valence-electron chi connectivity index (χ3n) is 6.59. The normalized spacial score (nSPS) is 14.4. The van der Waals surface area contributed by atoms with Crippen LogP contribution in [-0.4, -0.2) is 85.1 Å². The Morgan fingerprint density at radius 3 is 2.41 bits per heavy atom. The van der Waals surface area contributed by atoms with Crippen LogP contribution in [0.3, 0.4) is 0 Å². The molecular formula is C25H27N7O8S. The molecule has 0 bridgehead atoms. The minimum Gasteiger partial charge on any atom is -0.507 e. The highest BCUT2D eigenvalue weighted by Crippen LogP contribution is 2.32. The zero-order valence-corrected chi connectivity index (χ0v) is 22.3. The summed E-state index contributed by atoms with van der Waals surface area (Å²) in [6.07, 6.45) is 0. The van der Waals surface area contributed by atoms with E-state index in [1.165, 1.54) is 30.3 Å². The summed E-state index contributed by atoms with van der Waals surface area (Å²) in [5.74, 6) is -3.14. The number of carbonyl (C=O) groups is 2. The second kappa shape index (κ2) is 11.6. The number of nitro benzene ring substituents is 1. The van der Waals surface area contributed by atoms with Gasteiger partial charge in [0.1, 0.15) is 22.4 Å². The largest absolute Gasteiger partial charge is 0.507 e. The van der Waals surface area contributed by atoms with Crippen molar-refractivity contribution >= 4 is 50.0 Å². The average molecular weight is 586 g/mol. The zero-order chi connectivity index (χ0) is 29.9. The third kappa shape index (κ3) is 6.28. The van der Waals surface area contributed by atoms with Gasteiger partial charge < -0.3 is 31.1 Å². The molecule has 0 radical (unpaired) electrons. The van der Waals surface area contributed by atoms with Gasteiger partial charge in [0.2, 0.25) is 10.0 Å². The quantitative estimate of drug-likeness (QED) is 0.0882. The highest BCUT2D eigenvalue weighted by atomic mass is 32.2. The summed E-state index contributed by atoms with van der Waals surface area (Å²) < 4.78 is 28.2. The molecule has 3 aromatic carbocycles. The molecule has 7 N–H and O–H groups in total. The number of guanidine groups is 1. The maximum absolute atomic E-state index is 13.1. The smallest absolute Gasteiger partial charge is 0.323 e. The summed E-state index contributed by atoms with van der Waals surface area (Å²) in [6.45, 7) is 0.800. The SMILES string of the molecule is N=C(N)N1CCN(c2ccc(C(=O)NCC(NS(=O)(=O)c3c(O)ccc4ccccc34)C(=O)O)cc2[N+](=O)[O-])CC1. The number of carboxylic acids is 1. The summed E-state index contributed by atoms with van der Waals surface area (Å²) in [5, 5.41) is 42.2. The van der Waals surface area contributed by atoms with E-state index in [9.17, 15) is 38.3 Å². The Hall–Kier alpha value is -4.96. The van der Waals surface area contributed by atoms with Crippen molar-refractivity contribution in [2.24, 2.45) is 5.73 Å². The number of phenols is 1. The van der Waals surface area contributed by atoms with Crippen LogP contribution in [0.2, 0.25) is 0 Å². The first-order chi connectivity index (χ1) is 19.4. The summed E-state index contributed by atoms with van der Waals surface area (Å²) in [6, 6.07) is 11.0. The van der Waals surface area contributed by atoms with E-state index in [-0.39, 0.29) is 28.3 Å². The van der Waals surface area contributed by atoms with Gasteiger partial charge in [-0.3, -0.25) is 25.1 Å². The lowest BCUT2D eigenvalue weighted by molar-refractivity contribution is -0.384. The number of phenolic OH excluding ortho intramolecular Hbond substituents is 1. The van der Waals surface area contributed by atoms with E-state index in [2.05, 4.69) is 5.32 Å². The van der Waals surface area contributed by atoms with E-state index in [0.717, 1.165) is 6.07 Å². The maximum Gasteiger partial charge on any atom is 0.323 e. The van der Waals surface area contributed by atoms with Crippen LogP contribution < -0.4 is 20.7 Å². The maximum atomic E-state index is 13.1. The molecule has 0 spiro atoms. The number of aliphatic carboxylic acids is 1. The van der Waals surface area contributed by atoms with Gasteiger partial charge in [0.25, 0.3) is 11.6 Å². The van der Waals surface area contributed by atoms with E-state index in [0.29, 0.717) is 31.6 Å². The molecule has 15 nitrogen and oxygen atoms in total. The Balaban J connectivity index is 1.50. The fourth-order valence-corrected chi connectivity index (χ4v) is 6.00. The number of nitrogens with zero attached hydrogens (tertiary/aromatic N) is 3. The van der Waals surface area contributed by atoms with E-state index in [1.807, 2.05) is 4.72 Å². The number of rotatable bonds is 9. The Kier molecular flexibility index (Phi) is 8.25. The molecule has 0 aromatic heterocycles. The van der Waals surface area contributed by atoms with Gasteiger partial charge in [0.05, 0.1) is 4.92 Å². The van der Waals surface area contributed by atoms with Crippen LogP contribution in [0.1, 0.15) is 10.4 Å². The highest BCUT2D eigenvalue weighted by Gasteiger charge is 2.30. The van der Waals surface area contributed by atoms with Gasteiger partial charge in [-0.15, -0.1) is 0 Å². The molecule has 216 valence electrons. The van der Waals surface area contributed by atoms with Crippen LogP contribution in [0.25, 0.3) is 10.8 Å². The lowest BCUT2D eigenvalue weighted by atomic mass is 10.1. The Labute approximate surface area is 233 Å². The number of hydrogen-bond donors (Lipinski definition) is 6. The summed E-state index contributed by atoms with van der Waals surface area (Å²) in [5.41, 5.74) is 5.27. The summed E-state index contributed by atoms with van der Waals surface area (Å²) in [7, 11) is -4.57. The van der Waals surface area contributed by atoms with Crippen molar-refractivity contribution in [2.45, 2.75) is 10.9 Å². The molecule has 16 heteroatoms. The highest BCUT2D eigenvalue weighted by molar-refractivity contribution is 7.89. The summed E-state index contributed by atoms with van der Waals surface area (Å²) >= 11 is 0. The van der Waals surface area contributed by atoms with Gasteiger partial charge in [-0.25, -0.2) is 8.42 Å². The van der Waals surface area contributed by atoms with E-state index in [1.54, 1.807) is 28.0 Å². The number of aromatic hydroxyl groups is 1. The van der Waals surface area contributed by atoms with Crippen LogP contribution >= 0.6 is 0 Å². The number of nitrogens with two attached hydrogens (primary N) is 1. The first-order valence-corrected chi connectivity index (χ1v) is 13.7. The zero-order valence-electron chi connectivity index (χ0n) is 21.5. The number of carbonyl (C=O) groups excluding carboxylic acids is 1. The van der Waals surface area contributed by atoms with Crippen molar-refractivity contribution < 1.29 is 33.1 Å². The number of anilines is 1. The van der Waals surface area contributed by atoms with E-state index >= 15 is 0 Å².